The van der Waals surface area contributed by atoms with Crippen LogP contribution in [0.1, 0.15) is 29.0 Å². The highest BCUT2D eigenvalue weighted by Gasteiger charge is 2.27. The molecule has 0 spiro atoms. The second-order valence-electron chi connectivity index (χ2n) is 5.40. The molecule has 0 fully saturated rings. The van der Waals surface area contributed by atoms with Crippen molar-refractivity contribution in [3.8, 4) is 0 Å². The first kappa shape index (κ1) is 13.4. The first-order chi connectivity index (χ1) is 9.74. The van der Waals surface area contributed by atoms with Crippen LogP contribution in [-0.4, -0.2) is 11.5 Å². The Morgan fingerprint density at radius 3 is 2.70 bits per heavy atom. The van der Waals surface area contributed by atoms with Gasteiger partial charge in [-0.15, -0.1) is 11.8 Å². The van der Waals surface area contributed by atoms with Crippen LogP contribution in [-0.2, 0) is 11.2 Å². The van der Waals surface area contributed by atoms with Crippen molar-refractivity contribution < 1.29 is 4.79 Å². The summed E-state index contributed by atoms with van der Waals surface area (Å²) in [6, 6.07) is 16.7. The number of aryl methyl sites for hydroxylation is 1. The number of benzene rings is 2. The van der Waals surface area contributed by atoms with Gasteiger partial charge in [-0.1, -0.05) is 42.5 Å². The predicted octanol–water partition coefficient (Wildman–Crippen LogP) is 4.39. The van der Waals surface area contributed by atoms with Gasteiger partial charge in [0.2, 0.25) is 0 Å². The SMILES string of the molecule is Cc1ccccc1SCC(=O)CC1Cc2ccccc21. The fourth-order valence-corrected chi connectivity index (χ4v) is 3.66. The van der Waals surface area contributed by atoms with Crippen LogP contribution in [0.5, 0.6) is 0 Å². The van der Waals surface area contributed by atoms with E-state index in [1.54, 1.807) is 11.8 Å². The Bertz CT molecular complexity index is 633. The summed E-state index contributed by atoms with van der Waals surface area (Å²) in [5, 5.41) is 0. The second-order valence-corrected chi connectivity index (χ2v) is 6.41. The van der Waals surface area contributed by atoms with Gasteiger partial charge in [0.05, 0.1) is 5.75 Å². The molecule has 0 saturated heterocycles. The van der Waals surface area contributed by atoms with E-state index < -0.39 is 0 Å². The molecule has 0 saturated carbocycles. The minimum Gasteiger partial charge on any atom is -0.299 e. The molecule has 0 bridgehead atoms. The van der Waals surface area contributed by atoms with Crippen LogP contribution in [0, 0.1) is 6.92 Å². The van der Waals surface area contributed by atoms with E-state index in [9.17, 15) is 4.79 Å². The Hall–Kier alpha value is -1.54. The molecule has 2 heteroatoms. The Kier molecular flexibility index (Phi) is 3.93. The van der Waals surface area contributed by atoms with Gasteiger partial charge in [0.15, 0.2) is 0 Å². The molecule has 1 unspecified atom stereocenters. The number of rotatable bonds is 5. The first-order valence-electron chi connectivity index (χ1n) is 7.02. The quantitative estimate of drug-likeness (QED) is 0.757. The van der Waals surface area contributed by atoms with Gasteiger partial charge in [0, 0.05) is 11.3 Å². The lowest BCUT2D eigenvalue weighted by Crippen LogP contribution is -2.20. The highest BCUT2D eigenvalue weighted by molar-refractivity contribution is 8.00. The van der Waals surface area contributed by atoms with Gasteiger partial charge >= 0.3 is 0 Å². The summed E-state index contributed by atoms with van der Waals surface area (Å²) in [6.07, 6.45) is 1.76. The molecule has 3 rings (SSSR count). The average molecular weight is 282 g/mol. The van der Waals surface area contributed by atoms with E-state index in [2.05, 4.69) is 43.3 Å². The normalized spacial score (nSPS) is 16.4. The molecule has 0 heterocycles. The van der Waals surface area contributed by atoms with Crippen molar-refractivity contribution >= 4 is 17.5 Å². The number of ketones is 1. The Morgan fingerprint density at radius 2 is 1.90 bits per heavy atom. The average Bonchev–Trinajstić information content (AvgIpc) is 2.44. The van der Waals surface area contributed by atoms with Crippen LogP contribution >= 0.6 is 11.8 Å². The number of hydrogen-bond acceptors (Lipinski definition) is 2. The molecule has 1 aliphatic carbocycles. The predicted molar refractivity (Wildman–Crippen MR) is 84.4 cm³/mol. The standard InChI is InChI=1S/C18H18OS/c1-13-6-2-5-9-18(13)20-12-16(19)11-15-10-14-7-3-4-8-17(14)15/h2-9,15H,10-12H2,1H3. The van der Waals surface area contributed by atoms with Crippen LogP contribution < -0.4 is 0 Å². The van der Waals surface area contributed by atoms with Gasteiger partial charge in [-0.05, 0) is 42.0 Å². The van der Waals surface area contributed by atoms with Crippen LogP contribution in [0.15, 0.2) is 53.4 Å². The summed E-state index contributed by atoms with van der Waals surface area (Å²) < 4.78 is 0. The zero-order valence-corrected chi connectivity index (χ0v) is 12.5. The number of Topliss-reactive ketones (excluding diaryl/α,β-unsaturated/α-hetero) is 1. The zero-order chi connectivity index (χ0) is 13.9. The molecule has 1 nitrogen and oxygen atoms in total. The van der Waals surface area contributed by atoms with Crippen molar-refractivity contribution in [3.05, 3.63) is 65.2 Å². The van der Waals surface area contributed by atoms with E-state index in [0.717, 1.165) is 6.42 Å². The molecule has 1 aliphatic rings. The smallest absolute Gasteiger partial charge is 0.143 e. The maximum absolute atomic E-state index is 12.1. The van der Waals surface area contributed by atoms with E-state index in [1.807, 2.05) is 12.1 Å². The highest BCUT2D eigenvalue weighted by Crippen LogP contribution is 2.37. The van der Waals surface area contributed by atoms with E-state index in [0.29, 0.717) is 23.9 Å². The maximum atomic E-state index is 12.1. The molecule has 2 aromatic rings. The summed E-state index contributed by atoms with van der Waals surface area (Å²) in [5.41, 5.74) is 4.04. The number of carbonyl (C=O) groups excluding carboxylic acids is 1. The molecule has 0 radical (unpaired) electrons. The molecule has 20 heavy (non-hydrogen) atoms. The van der Waals surface area contributed by atoms with Crippen molar-refractivity contribution in [3.63, 3.8) is 0 Å². The molecule has 0 N–H and O–H groups in total. The molecule has 0 aromatic heterocycles. The summed E-state index contributed by atoms with van der Waals surface area (Å²) in [5.74, 6) is 1.40. The van der Waals surface area contributed by atoms with Crippen molar-refractivity contribution in [2.45, 2.75) is 30.6 Å². The van der Waals surface area contributed by atoms with E-state index in [-0.39, 0.29) is 0 Å². The number of thioether (sulfide) groups is 1. The van der Waals surface area contributed by atoms with Gasteiger partial charge in [-0.3, -0.25) is 4.79 Å². The molecule has 0 amide bonds. The molecular formula is C18H18OS. The third-order valence-electron chi connectivity index (χ3n) is 3.92. The summed E-state index contributed by atoms with van der Waals surface area (Å²) in [6.45, 7) is 2.09. The third kappa shape index (κ3) is 2.80. The van der Waals surface area contributed by atoms with E-state index in [1.165, 1.54) is 21.6 Å². The van der Waals surface area contributed by atoms with Gasteiger partial charge in [0.25, 0.3) is 0 Å². The fraction of sp³-hybridized carbons (Fsp3) is 0.278. The lowest BCUT2D eigenvalue weighted by atomic mass is 9.75. The third-order valence-corrected chi connectivity index (χ3v) is 5.15. The first-order valence-corrected chi connectivity index (χ1v) is 8.00. The second kappa shape index (κ2) is 5.84. The van der Waals surface area contributed by atoms with Crippen LogP contribution in [0.4, 0.5) is 0 Å². The number of carbonyl (C=O) groups is 1. The lowest BCUT2D eigenvalue weighted by Gasteiger charge is -2.29. The number of fused-ring (bicyclic) bond motifs is 1. The van der Waals surface area contributed by atoms with Crippen LogP contribution in [0.3, 0.4) is 0 Å². The van der Waals surface area contributed by atoms with E-state index in [4.69, 9.17) is 0 Å². The summed E-state index contributed by atoms with van der Waals surface area (Å²) in [4.78, 5) is 13.3. The summed E-state index contributed by atoms with van der Waals surface area (Å²) in [7, 11) is 0. The highest BCUT2D eigenvalue weighted by atomic mass is 32.2. The fourth-order valence-electron chi connectivity index (χ4n) is 2.76. The number of hydrogen-bond donors (Lipinski definition) is 0. The van der Waals surface area contributed by atoms with Gasteiger partial charge in [-0.25, -0.2) is 0 Å². The van der Waals surface area contributed by atoms with Crippen LogP contribution in [0.25, 0.3) is 0 Å². The maximum Gasteiger partial charge on any atom is 0.143 e. The van der Waals surface area contributed by atoms with Crippen molar-refractivity contribution in [2.75, 3.05) is 5.75 Å². The molecule has 0 aliphatic heterocycles. The monoisotopic (exact) mass is 282 g/mol. The molecule has 102 valence electrons. The van der Waals surface area contributed by atoms with Gasteiger partial charge in [0.1, 0.15) is 5.78 Å². The molecule has 2 aromatic carbocycles. The van der Waals surface area contributed by atoms with E-state index >= 15 is 0 Å². The topological polar surface area (TPSA) is 17.1 Å². The molecular weight excluding hydrogens is 264 g/mol. The minimum atomic E-state index is 0.359. The zero-order valence-electron chi connectivity index (χ0n) is 11.6. The minimum absolute atomic E-state index is 0.359. The van der Waals surface area contributed by atoms with Crippen LogP contribution in [0.2, 0.25) is 0 Å². The van der Waals surface area contributed by atoms with Crippen molar-refractivity contribution in [1.82, 2.24) is 0 Å². The lowest BCUT2D eigenvalue weighted by molar-refractivity contribution is -0.117. The Labute approximate surface area is 124 Å². The largest absolute Gasteiger partial charge is 0.299 e. The van der Waals surface area contributed by atoms with Gasteiger partial charge in [-0.2, -0.15) is 0 Å². The molecule has 1 atom stereocenters. The van der Waals surface area contributed by atoms with Crippen molar-refractivity contribution in [1.29, 1.82) is 0 Å². The van der Waals surface area contributed by atoms with Crippen molar-refractivity contribution in [2.24, 2.45) is 0 Å². The Morgan fingerprint density at radius 1 is 1.15 bits per heavy atom. The van der Waals surface area contributed by atoms with Gasteiger partial charge < -0.3 is 0 Å². The summed E-state index contributed by atoms with van der Waals surface area (Å²) >= 11 is 1.66. The Balaban J connectivity index is 1.53.